The Bertz CT molecular complexity index is 911. The molecular formula is C19H15NO4S. The molecule has 0 aliphatic carbocycles. The molecule has 126 valence electrons. The molecule has 0 atom stereocenters. The van der Waals surface area contributed by atoms with E-state index in [1.165, 1.54) is 18.0 Å². The predicted molar refractivity (Wildman–Crippen MR) is 94.4 cm³/mol. The summed E-state index contributed by atoms with van der Waals surface area (Å²) < 4.78 is 10.6. The van der Waals surface area contributed by atoms with E-state index in [1.54, 1.807) is 18.2 Å². The molecule has 2 aliphatic rings. The van der Waals surface area contributed by atoms with Gasteiger partial charge in [0.25, 0.3) is 0 Å². The van der Waals surface area contributed by atoms with Gasteiger partial charge in [0.2, 0.25) is 11.6 Å². The standard InChI is InChI=1S/C19H15NO4S/c1-20-12-6-2-3-9-15(12)25-19(20)16(17(21)13-7-4-10-23-13)18(22)14-8-5-11-24-14/h2-4,6-10H,5,11H2,1H3/b19-16+. The van der Waals surface area contributed by atoms with Crippen molar-refractivity contribution in [2.24, 2.45) is 0 Å². The lowest BCUT2D eigenvalue weighted by Crippen LogP contribution is -2.22. The van der Waals surface area contributed by atoms with Crippen molar-refractivity contribution in [3.05, 3.63) is 70.9 Å². The fourth-order valence-corrected chi connectivity index (χ4v) is 4.04. The highest BCUT2D eigenvalue weighted by molar-refractivity contribution is 8.03. The number of allylic oxidation sites excluding steroid dienone is 1. The van der Waals surface area contributed by atoms with E-state index < -0.39 is 11.6 Å². The van der Waals surface area contributed by atoms with E-state index in [9.17, 15) is 9.59 Å². The summed E-state index contributed by atoms with van der Waals surface area (Å²) in [6.45, 7) is 0.460. The molecule has 1 aromatic carbocycles. The van der Waals surface area contributed by atoms with Crippen LogP contribution in [0, 0.1) is 0 Å². The van der Waals surface area contributed by atoms with E-state index in [0.29, 0.717) is 18.1 Å². The van der Waals surface area contributed by atoms with Crippen LogP contribution in [0.3, 0.4) is 0 Å². The van der Waals surface area contributed by atoms with Gasteiger partial charge in [0.05, 0.1) is 23.6 Å². The Kier molecular flexibility index (Phi) is 3.97. The van der Waals surface area contributed by atoms with Gasteiger partial charge >= 0.3 is 0 Å². The molecule has 0 unspecified atom stereocenters. The van der Waals surface area contributed by atoms with Gasteiger partial charge in [-0.2, -0.15) is 0 Å². The van der Waals surface area contributed by atoms with Gasteiger partial charge in [-0.15, -0.1) is 0 Å². The molecule has 3 heterocycles. The molecule has 0 saturated carbocycles. The van der Waals surface area contributed by atoms with Gasteiger partial charge in [-0.3, -0.25) is 9.59 Å². The molecule has 0 bridgehead atoms. The number of carbonyl (C=O) groups excluding carboxylic acids is 2. The predicted octanol–water partition coefficient (Wildman–Crippen LogP) is 3.79. The highest BCUT2D eigenvalue weighted by Gasteiger charge is 2.35. The Hall–Kier alpha value is -2.73. The molecule has 4 rings (SSSR count). The first-order valence-corrected chi connectivity index (χ1v) is 8.69. The van der Waals surface area contributed by atoms with E-state index >= 15 is 0 Å². The maximum absolute atomic E-state index is 13.0. The third-order valence-electron chi connectivity index (χ3n) is 4.08. The molecule has 6 heteroatoms. The minimum atomic E-state index is -0.437. The lowest BCUT2D eigenvalue weighted by molar-refractivity contribution is -0.114. The largest absolute Gasteiger partial charge is 0.489 e. The van der Waals surface area contributed by atoms with E-state index in [4.69, 9.17) is 9.15 Å². The van der Waals surface area contributed by atoms with Crippen molar-refractivity contribution in [1.82, 2.24) is 0 Å². The van der Waals surface area contributed by atoms with Crippen LogP contribution in [0.15, 0.2) is 74.4 Å². The second kappa shape index (κ2) is 6.29. The van der Waals surface area contributed by atoms with Crippen LogP contribution in [0.2, 0.25) is 0 Å². The number of benzene rings is 1. The van der Waals surface area contributed by atoms with Crippen molar-refractivity contribution < 1.29 is 18.7 Å². The van der Waals surface area contributed by atoms with Gasteiger partial charge < -0.3 is 14.1 Å². The summed E-state index contributed by atoms with van der Waals surface area (Å²) in [6, 6.07) is 11.0. The highest BCUT2D eigenvalue weighted by Crippen LogP contribution is 2.47. The number of thioether (sulfide) groups is 1. The molecule has 0 saturated heterocycles. The number of rotatable bonds is 4. The number of hydrogen-bond acceptors (Lipinski definition) is 6. The van der Waals surface area contributed by atoms with Crippen LogP contribution in [0.1, 0.15) is 17.0 Å². The highest BCUT2D eigenvalue weighted by atomic mass is 32.2. The Labute approximate surface area is 148 Å². The first kappa shape index (κ1) is 15.8. The SMILES string of the molecule is CN1/C(=C(\C(=O)C2=CCCO2)C(=O)c2ccco2)Sc2ccccc21. The number of fused-ring (bicyclic) bond motifs is 1. The van der Waals surface area contributed by atoms with Crippen molar-refractivity contribution in [1.29, 1.82) is 0 Å². The van der Waals surface area contributed by atoms with Gasteiger partial charge in [-0.25, -0.2) is 0 Å². The number of furan rings is 1. The minimum absolute atomic E-state index is 0.0757. The minimum Gasteiger partial charge on any atom is -0.489 e. The Morgan fingerprint density at radius 2 is 1.96 bits per heavy atom. The van der Waals surface area contributed by atoms with E-state index in [1.807, 2.05) is 36.2 Å². The van der Waals surface area contributed by atoms with Gasteiger partial charge in [0.1, 0.15) is 5.57 Å². The summed E-state index contributed by atoms with van der Waals surface area (Å²) in [5.74, 6) is -0.471. The fourth-order valence-electron chi connectivity index (χ4n) is 2.85. The number of anilines is 1. The summed E-state index contributed by atoms with van der Waals surface area (Å²) in [4.78, 5) is 28.9. The number of ketones is 2. The van der Waals surface area contributed by atoms with Crippen molar-refractivity contribution in [2.45, 2.75) is 11.3 Å². The maximum Gasteiger partial charge on any atom is 0.234 e. The summed E-state index contributed by atoms with van der Waals surface area (Å²) in [6.07, 6.45) is 3.82. The van der Waals surface area contributed by atoms with Gasteiger partial charge in [-0.1, -0.05) is 23.9 Å². The normalized spacial score (nSPS) is 17.8. The third kappa shape index (κ3) is 2.68. The van der Waals surface area contributed by atoms with E-state index in [-0.39, 0.29) is 17.1 Å². The quantitative estimate of drug-likeness (QED) is 0.361. The second-order valence-electron chi connectivity index (χ2n) is 5.65. The van der Waals surface area contributed by atoms with Crippen LogP contribution in [0.5, 0.6) is 0 Å². The van der Waals surface area contributed by atoms with Gasteiger partial charge in [-0.05, 0) is 30.3 Å². The zero-order valence-corrected chi connectivity index (χ0v) is 14.3. The van der Waals surface area contributed by atoms with Crippen molar-refractivity contribution in [3.8, 4) is 0 Å². The van der Waals surface area contributed by atoms with Gasteiger partial charge in [0, 0.05) is 18.4 Å². The van der Waals surface area contributed by atoms with Crippen LogP contribution < -0.4 is 4.90 Å². The summed E-state index contributed by atoms with van der Waals surface area (Å²) in [7, 11) is 1.85. The molecule has 0 spiro atoms. The Morgan fingerprint density at radius 3 is 2.64 bits per heavy atom. The van der Waals surface area contributed by atoms with Crippen LogP contribution in [-0.2, 0) is 9.53 Å². The maximum atomic E-state index is 13.0. The number of hydrogen-bond donors (Lipinski definition) is 0. The molecule has 2 aromatic rings. The first-order valence-electron chi connectivity index (χ1n) is 7.87. The summed E-state index contributed by atoms with van der Waals surface area (Å²) in [5, 5.41) is 0.587. The molecule has 5 nitrogen and oxygen atoms in total. The first-order chi connectivity index (χ1) is 12.2. The second-order valence-corrected chi connectivity index (χ2v) is 6.68. The van der Waals surface area contributed by atoms with Crippen molar-refractivity contribution in [3.63, 3.8) is 0 Å². The van der Waals surface area contributed by atoms with Crippen LogP contribution >= 0.6 is 11.8 Å². The molecule has 2 aliphatic heterocycles. The van der Waals surface area contributed by atoms with Crippen LogP contribution in [0.4, 0.5) is 5.69 Å². The van der Waals surface area contributed by atoms with Crippen LogP contribution in [-0.4, -0.2) is 25.2 Å². The molecular weight excluding hydrogens is 338 g/mol. The average Bonchev–Trinajstić information content (AvgIpc) is 3.37. The Balaban J connectivity index is 1.84. The number of nitrogens with zero attached hydrogens (tertiary/aromatic N) is 1. The molecule has 1 aromatic heterocycles. The summed E-state index contributed by atoms with van der Waals surface area (Å²) in [5.41, 5.74) is 1.04. The zero-order chi connectivity index (χ0) is 17.4. The third-order valence-corrected chi connectivity index (χ3v) is 5.32. The topological polar surface area (TPSA) is 59.8 Å². The number of para-hydroxylation sites is 1. The zero-order valence-electron chi connectivity index (χ0n) is 13.5. The molecule has 0 N–H and O–H groups in total. The van der Waals surface area contributed by atoms with Crippen molar-refractivity contribution in [2.75, 3.05) is 18.6 Å². The van der Waals surface area contributed by atoms with E-state index in [2.05, 4.69) is 0 Å². The monoisotopic (exact) mass is 353 g/mol. The Morgan fingerprint density at radius 1 is 1.12 bits per heavy atom. The van der Waals surface area contributed by atoms with Crippen molar-refractivity contribution >= 4 is 29.0 Å². The van der Waals surface area contributed by atoms with Gasteiger partial charge in [0.15, 0.2) is 11.5 Å². The molecule has 25 heavy (non-hydrogen) atoms. The number of Topliss-reactive ketones (excluding diaryl/α,β-unsaturated/α-hetero) is 2. The van der Waals surface area contributed by atoms with Crippen LogP contribution in [0.25, 0.3) is 0 Å². The fraction of sp³-hybridized carbons (Fsp3) is 0.158. The smallest absolute Gasteiger partial charge is 0.234 e. The molecule has 0 fully saturated rings. The lowest BCUT2D eigenvalue weighted by atomic mass is 10.0. The van der Waals surface area contributed by atoms with E-state index in [0.717, 1.165) is 10.6 Å². The molecule has 0 amide bonds. The average molecular weight is 353 g/mol. The summed E-state index contributed by atoms with van der Waals surface area (Å²) >= 11 is 1.40. The lowest BCUT2D eigenvalue weighted by Gasteiger charge is -2.17. The number of carbonyl (C=O) groups is 2. The number of ether oxygens (including phenoxy) is 1. The molecule has 0 radical (unpaired) electrons.